The van der Waals surface area contributed by atoms with E-state index in [0.717, 1.165) is 55.0 Å². The minimum Gasteiger partial charge on any atom is -0.462 e. The topological polar surface area (TPSA) is 63.1 Å². The van der Waals surface area contributed by atoms with Crippen LogP contribution in [0.3, 0.4) is 0 Å². The Morgan fingerprint density at radius 2 is 1.72 bits per heavy atom. The Labute approximate surface area is 211 Å². The van der Waals surface area contributed by atoms with E-state index in [1.54, 1.807) is 6.07 Å². The molecule has 36 heavy (non-hydrogen) atoms. The number of hydrogen-bond donors (Lipinski definition) is 1. The summed E-state index contributed by atoms with van der Waals surface area (Å²) in [5.74, 6) is 0.499. The molecule has 0 radical (unpaired) electrons. The van der Waals surface area contributed by atoms with E-state index in [2.05, 4.69) is 78.5 Å². The monoisotopic (exact) mass is 482 g/mol. The maximum absolute atomic E-state index is 12.6. The van der Waals surface area contributed by atoms with Crippen molar-refractivity contribution in [2.45, 2.75) is 40.7 Å². The predicted octanol–water partition coefficient (Wildman–Crippen LogP) is 6.55. The van der Waals surface area contributed by atoms with Crippen LogP contribution in [-0.4, -0.2) is 51.6 Å². The first-order valence-corrected chi connectivity index (χ1v) is 12.9. The third kappa shape index (κ3) is 4.49. The van der Waals surface area contributed by atoms with Gasteiger partial charge in [-0.05, 0) is 81.9 Å². The van der Waals surface area contributed by atoms with Gasteiger partial charge in [0.1, 0.15) is 5.82 Å². The molecule has 1 N–H and O–H groups in total. The highest BCUT2D eigenvalue weighted by atomic mass is 16.5. The van der Waals surface area contributed by atoms with Gasteiger partial charge in [0, 0.05) is 40.5 Å². The zero-order valence-corrected chi connectivity index (χ0v) is 21.6. The van der Waals surface area contributed by atoms with Crippen LogP contribution in [-0.2, 0) is 11.3 Å². The summed E-state index contributed by atoms with van der Waals surface area (Å²) in [6, 6.07) is 18.6. The van der Waals surface area contributed by atoms with Gasteiger partial charge in [0.25, 0.3) is 0 Å². The number of aryl methyl sites for hydroxylation is 2. The summed E-state index contributed by atoms with van der Waals surface area (Å²) in [6.07, 6.45) is 0.834. The van der Waals surface area contributed by atoms with Gasteiger partial charge in [-0.3, -0.25) is 0 Å². The van der Waals surface area contributed by atoms with E-state index in [1.165, 1.54) is 27.4 Å². The zero-order valence-electron chi connectivity index (χ0n) is 21.6. The SMILES string of the molecule is CCN(CC)CCCOC(=O)c1ccc2nc(-c3ccc4c(c3)c3cc(C)ccc3n4CC)[nH]c2c1. The van der Waals surface area contributed by atoms with Gasteiger partial charge in [0.15, 0.2) is 0 Å². The number of esters is 1. The summed E-state index contributed by atoms with van der Waals surface area (Å²) < 4.78 is 7.87. The molecular formula is C30H34N4O2. The minimum absolute atomic E-state index is 0.295. The first-order chi connectivity index (χ1) is 17.5. The number of ether oxygens (including phenoxy) is 1. The molecule has 6 nitrogen and oxygen atoms in total. The lowest BCUT2D eigenvalue weighted by Gasteiger charge is -2.17. The number of benzene rings is 3. The number of rotatable bonds is 9. The molecule has 0 bridgehead atoms. The molecule has 0 amide bonds. The second-order valence-electron chi connectivity index (χ2n) is 9.33. The highest BCUT2D eigenvalue weighted by Crippen LogP contribution is 2.33. The molecule has 0 unspecified atom stereocenters. The van der Waals surface area contributed by atoms with E-state index in [1.807, 2.05) is 12.1 Å². The predicted molar refractivity (Wildman–Crippen MR) is 148 cm³/mol. The molecule has 6 heteroatoms. The van der Waals surface area contributed by atoms with E-state index < -0.39 is 0 Å². The lowest BCUT2D eigenvalue weighted by atomic mass is 10.1. The lowest BCUT2D eigenvalue weighted by molar-refractivity contribution is 0.0489. The molecule has 3 aromatic carbocycles. The van der Waals surface area contributed by atoms with Crippen molar-refractivity contribution in [1.29, 1.82) is 0 Å². The molecule has 5 rings (SSSR count). The number of nitrogens with zero attached hydrogens (tertiary/aromatic N) is 3. The molecule has 0 fully saturated rings. The highest BCUT2D eigenvalue weighted by molar-refractivity contribution is 6.09. The van der Waals surface area contributed by atoms with Crippen LogP contribution in [0.5, 0.6) is 0 Å². The maximum Gasteiger partial charge on any atom is 0.338 e. The van der Waals surface area contributed by atoms with Gasteiger partial charge in [-0.2, -0.15) is 0 Å². The van der Waals surface area contributed by atoms with E-state index in [4.69, 9.17) is 9.72 Å². The number of carbonyl (C=O) groups excluding carboxylic acids is 1. The molecule has 0 atom stereocenters. The summed E-state index contributed by atoms with van der Waals surface area (Å²) in [4.78, 5) is 23.2. The first-order valence-electron chi connectivity index (χ1n) is 12.9. The van der Waals surface area contributed by atoms with Crippen LogP contribution in [0.2, 0.25) is 0 Å². The van der Waals surface area contributed by atoms with Crippen molar-refractivity contribution in [3.8, 4) is 11.4 Å². The van der Waals surface area contributed by atoms with Crippen LogP contribution in [0, 0.1) is 6.92 Å². The van der Waals surface area contributed by atoms with E-state index in [9.17, 15) is 4.79 Å². The van der Waals surface area contributed by atoms with Crippen LogP contribution in [0.15, 0.2) is 54.6 Å². The molecule has 186 valence electrons. The van der Waals surface area contributed by atoms with Crippen molar-refractivity contribution >= 4 is 38.8 Å². The molecule has 2 aromatic heterocycles. The maximum atomic E-state index is 12.6. The number of carbonyl (C=O) groups is 1. The molecule has 0 aliphatic carbocycles. The second-order valence-corrected chi connectivity index (χ2v) is 9.33. The number of hydrogen-bond acceptors (Lipinski definition) is 4. The Balaban J connectivity index is 1.40. The Morgan fingerprint density at radius 1 is 0.972 bits per heavy atom. The van der Waals surface area contributed by atoms with Gasteiger partial charge >= 0.3 is 5.97 Å². The molecular weight excluding hydrogens is 448 g/mol. The molecule has 0 spiro atoms. The Kier molecular flexibility index (Phi) is 6.79. The average molecular weight is 483 g/mol. The van der Waals surface area contributed by atoms with Crippen molar-refractivity contribution in [2.24, 2.45) is 0 Å². The summed E-state index contributed by atoms with van der Waals surface area (Å²) in [5.41, 5.74) is 6.95. The number of aromatic amines is 1. The third-order valence-electron chi connectivity index (χ3n) is 7.07. The summed E-state index contributed by atoms with van der Waals surface area (Å²) in [7, 11) is 0. The Bertz CT molecular complexity index is 1540. The van der Waals surface area contributed by atoms with E-state index >= 15 is 0 Å². The second kappa shape index (κ2) is 10.2. The van der Waals surface area contributed by atoms with Crippen molar-refractivity contribution in [2.75, 3.05) is 26.2 Å². The van der Waals surface area contributed by atoms with Crippen molar-refractivity contribution < 1.29 is 9.53 Å². The van der Waals surface area contributed by atoms with Crippen LogP contribution < -0.4 is 0 Å². The fraction of sp³-hybridized carbons (Fsp3) is 0.333. The normalized spacial score (nSPS) is 11.8. The summed E-state index contributed by atoms with van der Waals surface area (Å²) >= 11 is 0. The van der Waals surface area contributed by atoms with Gasteiger partial charge in [-0.25, -0.2) is 9.78 Å². The number of H-pyrrole nitrogens is 1. The summed E-state index contributed by atoms with van der Waals surface area (Å²) in [5, 5.41) is 2.48. The number of imidazole rings is 1. The third-order valence-corrected chi connectivity index (χ3v) is 7.07. The van der Waals surface area contributed by atoms with Crippen LogP contribution in [0.25, 0.3) is 44.2 Å². The summed E-state index contributed by atoms with van der Waals surface area (Å²) in [6.45, 7) is 12.9. The van der Waals surface area contributed by atoms with Crippen molar-refractivity contribution in [3.63, 3.8) is 0 Å². The van der Waals surface area contributed by atoms with Gasteiger partial charge in [-0.1, -0.05) is 25.5 Å². The molecule has 0 aliphatic rings. The lowest BCUT2D eigenvalue weighted by Crippen LogP contribution is -2.25. The zero-order chi connectivity index (χ0) is 25.2. The first kappa shape index (κ1) is 24.1. The van der Waals surface area contributed by atoms with Crippen LogP contribution in [0.4, 0.5) is 0 Å². The largest absolute Gasteiger partial charge is 0.462 e. The number of nitrogens with one attached hydrogen (secondary N) is 1. The highest BCUT2D eigenvalue weighted by Gasteiger charge is 2.14. The average Bonchev–Trinajstić information content (AvgIpc) is 3.46. The molecule has 0 saturated carbocycles. The van der Waals surface area contributed by atoms with Crippen molar-refractivity contribution in [3.05, 3.63) is 65.7 Å². The van der Waals surface area contributed by atoms with Crippen LogP contribution >= 0.6 is 0 Å². The van der Waals surface area contributed by atoms with Gasteiger partial charge in [0.2, 0.25) is 0 Å². The molecule has 2 heterocycles. The smallest absolute Gasteiger partial charge is 0.338 e. The molecule has 0 aliphatic heterocycles. The molecule has 5 aromatic rings. The van der Waals surface area contributed by atoms with Gasteiger partial charge < -0.3 is 19.2 Å². The van der Waals surface area contributed by atoms with Crippen LogP contribution in [0.1, 0.15) is 43.1 Å². The van der Waals surface area contributed by atoms with E-state index in [-0.39, 0.29) is 5.97 Å². The Hall–Kier alpha value is -3.64. The fourth-order valence-corrected chi connectivity index (χ4v) is 5.06. The van der Waals surface area contributed by atoms with Crippen molar-refractivity contribution in [1.82, 2.24) is 19.4 Å². The Morgan fingerprint density at radius 3 is 2.47 bits per heavy atom. The van der Waals surface area contributed by atoms with Gasteiger partial charge in [-0.15, -0.1) is 0 Å². The van der Waals surface area contributed by atoms with E-state index in [0.29, 0.717) is 12.2 Å². The standard InChI is InChI=1S/C30H34N4O2/c1-5-33(6-2)15-8-16-36-30(35)22-10-12-25-26(19-22)32-29(31-25)21-11-14-28-24(18-21)23-17-20(4)9-13-27(23)34(28)7-3/h9-14,17-19H,5-8,15-16H2,1-4H3,(H,31,32). The van der Waals surface area contributed by atoms with Gasteiger partial charge in [0.05, 0.1) is 23.2 Å². The number of aromatic nitrogens is 3. The number of fused-ring (bicyclic) bond motifs is 4. The molecule has 0 saturated heterocycles. The minimum atomic E-state index is -0.295. The quantitative estimate of drug-likeness (QED) is 0.191. The fourth-order valence-electron chi connectivity index (χ4n) is 5.06.